The molecule has 2 aromatic heterocycles. The maximum atomic E-state index is 13.0. The van der Waals surface area contributed by atoms with Gasteiger partial charge in [0.25, 0.3) is 5.91 Å². The highest BCUT2D eigenvalue weighted by atomic mass is 35.5. The summed E-state index contributed by atoms with van der Waals surface area (Å²) in [6.07, 6.45) is 1.59. The van der Waals surface area contributed by atoms with Crippen LogP contribution in [0.3, 0.4) is 0 Å². The maximum Gasteiger partial charge on any atom is 0.252 e. The van der Waals surface area contributed by atoms with E-state index in [4.69, 9.17) is 21.0 Å². The number of hydrogen-bond acceptors (Lipinski definition) is 3. The van der Waals surface area contributed by atoms with E-state index in [0.29, 0.717) is 22.9 Å². The first-order valence-electron chi connectivity index (χ1n) is 8.59. The number of carbonyl (C=O) groups is 1. The summed E-state index contributed by atoms with van der Waals surface area (Å²) in [5, 5.41) is 4.43. The van der Waals surface area contributed by atoms with E-state index in [-0.39, 0.29) is 5.91 Å². The number of furan rings is 1. The SMILES string of the molecule is Cc1c(-c2ccc(Cl)cc2)nc2ccccc2c1C(=O)NCc1ccco1. The van der Waals surface area contributed by atoms with Crippen molar-refractivity contribution in [2.45, 2.75) is 13.5 Å². The highest BCUT2D eigenvalue weighted by molar-refractivity contribution is 6.30. The number of benzene rings is 2. The van der Waals surface area contributed by atoms with E-state index in [2.05, 4.69) is 5.32 Å². The number of rotatable bonds is 4. The third kappa shape index (κ3) is 3.44. The zero-order chi connectivity index (χ0) is 18.8. The van der Waals surface area contributed by atoms with Crippen LogP contribution in [0.4, 0.5) is 0 Å². The van der Waals surface area contributed by atoms with E-state index >= 15 is 0 Å². The van der Waals surface area contributed by atoms with Gasteiger partial charge in [0.2, 0.25) is 0 Å². The summed E-state index contributed by atoms with van der Waals surface area (Å²) in [5.41, 5.74) is 3.91. The molecule has 27 heavy (non-hydrogen) atoms. The van der Waals surface area contributed by atoms with Crippen molar-refractivity contribution in [2.24, 2.45) is 0 Å². The zero-order valence-electron chi connectivity index (χ0n) is 14.7. The number of hydrogen-bond donors (Lipinski definition) is 1. The highest BCUT2D eigenvalue weighted by Crippen LogP contribution is 2.30. The van der Waals surface area contributed by atoms with Crippen LogP contribution in [0.25, 0.3) is 22.2 Å². The van der Waals surface area contributed by atoms with Crippen molar-refractivity contribution in [2.75, 3.05) is 0 Å². The second-order valence-electron chi connectivity index (χ2n) is 6.25. The number of para-hydroxylation sites is 1. The second-order valence-corrected chi connectivity index (χ2v) is 6.68. The number of halogens is 1. The lowest BCUT2D eigenvalue weighted by Gasteiger charge is -2.14. The standard InChI is InChI=1S/C22H17ClN2O2/c1-14-20(22(26)24-13-17-5-4-12-27-17)18-6-2-3-7-19(18)25-21(14)15-8-10-16(23)11-9-15/h2-12H,13H2,1H3,(H,24,26). The Labute approximate surface area is 161 Å². The Morgan fingerprint density at radius 2 is 1.85 bits per heavy atom. The number of amides is 1. The van der Waals surface area contributed by atoms with Gasteiger partial charge in [0.15, 0.2) is 0 Å². The predicted molar refractivity (Wildman–Crippen MR) is 107 cm³/mol. The minimum atomic E-state index is -0.155. The smallest absolute Gasteiger partial charge is 0.252 e. The van der Waals surface area contributed by atoms with Crippen LogP contribution in [0.5, 0.6) is 0 Å². The lowest BCUT2D eigenvalue weighted by molar-refractivity contribution is 0.0949. The van der Waals surface area contributed by atoms with Gasteiger partial charge in [-0.2, -0.15) is 0 Å². The van der Waals surface area contributed by atoms with Crippen molar-refractivity contribution in [3.05, 3.63) is 88.8 Å². The van der Waals surface area contributed by atoms with Gasteiger partial charge < -0.3 is 9.73 Å². The van der Waals surface area contributed by atoms with E-state index < -0.39 is 0 Å². The molecule has 0 bridgehead atoms. The van der Waals surface area contributed by atoms with Gasteiger partial charge in [-0.15, -0.1) is 0 Å². The van der Waals surface area contributed by atoms with Crippen LogP contribution in [0.2, 0.25) is 5.02 Å². The van der Waals surface area contributed by atoms with Gasteiger partial charge in [0.05, 0.1) is 29.6 Å². The molecule has 0 fully saturated rings. The Morgan fingerprint density at radius 3 is 2.59 bits per heavy atom. The molecule has 0 aliphatic heterocycles. The van der Waals surface area contributed by atoms with Crippen LogP contribution in [0.15, 0.2) is 71.3 Å². The summed E-state index contributed by atoms with van der Waals surface area (Å²) < 4.78 is 5.30. The lowest BCUT2D eigenvalue weighted by atomic mass is 9.97. The molecule has 1 amide bonds. The molecule has 4 rings (SSSR count). The molecule has 0 spiro atoms. The molecule has 4 aromatic rings. The molecule has 4 nitrogen and oxygen atoms in total. The summed E-state index contributed by atoms with van der Waals surface area (Å²) in [4.78, 5) is 17.8. The maximum absolute atomic E-state index is 13.0. The van der Waals surface area contributed by atoms with Gasteiger partial charge in [0, 0.05) is 16.0 Å². The molecular formula is C22H17ClN2O2. The van der Waals surface area contributed by atoms with Crippen molar-refractivity contribution >= 4 is 28.4 Å². The van der Waals surface area contributed by atoms with Crippen molar-refractivity contribution in [3.8, 4) is 11.3 Å². The topological polar surface area (TPSA) is 55.1 Å². The second kappa shape index (κ2) is 7.25. The fraction of sp³-hybridized carbons (Fsp3) is 0.0909. The summed E-state index contributed by atoms with van der Waals surface area (Å²) in [6, 6.07) is 18.8. The molecule has 0 saturated carbocycles. The lowest BCUT2D eigenvalue weighted by Crippen LogP contribution is -2.24. The number of nitrogens with zero attached hydrogens (tertiary/aromatic N) is 1. The molecule has 2 heterocycles. The first-order chi connectivity index (χ1) is 13.1. The van der Waals surface area contributed by atoms with Gasteiger partial charge in [-0.1, -0.05) is 41.9 Å². The normalized spacial score (nSPS) is 10.9. The van der Waals surface area contributed by atoms with E-state index in [1.54, 1.807) is 12.3 Å². The fourth-order valence-corrected chi connectivity index (χ4v) is 3.28. The molecule has 0 aliphatic rings. The average molecular weight is 377 g/mol. The molecule has 1 N–H and O–H groups in total. The zero-order valence-corrected chi connectivity index (χ0v) is 15.5. The summed E-state index contributed by atoms with van der Waals surface area (Å²) in [5.74, 6) is 0.551. The Morgan fingerprint density at radius 1 is 1.07 bits per heavy atom. The van der Waals surface area contributed by atoms with Gasteiger partial charge >= 0.3 is 0 Å². The summed E-state index contributed by atoms with van der Waals surface area (Å²) >= 11 is 6.01. The summed E-state index contributed by atoms with van der Waals surface area (Å²) in [6.45, 7) is 2.25. The number of carbonyl (C=O) groups excluding carboxylic acids is 1. The van der Waals surface area contributed by atoms with Gasteiger partial charge in [-0.25, -0.2) is 4.98 Å². The molecule has 0 saturated heterocycles. The minimum Gasteiger partial charge on any atom is -0.467 e. The van der Waals surface area contributed by atoms with Gasteiger partial charge in [-0.05, 0) is 42.8 Å². The molecule has 5 heteroatoms. The van der Waals surface area contributed by atoms with Crippen molar-refractivity contribution in [1.82, 2.24) is 10.3 Å². The number of pyridine rings is 1. The number of nitrogens with one attached hydrogen (secondary N) is 1. The first-order valence-corrected chi connectivity index (χ1v) is 8.97. The largest absolute Gasteiger partial charge is 0.467 e. The molecule has 134 valence electrons. The van der Waals surface area contributed by atoms with Gasteiger partial charge in [-0.3, -0.25) is 4.79 Å². The monoisotopic (exact) mass is 376 g/mol. The van der Waals surface area contributed by atoms with Crippen molar-refractivity contribution in [3.63, 3.8) is 0 Å². The summed E-state index contributed by atoms with van der Waals surface area (Å²) in [7, 11) is 0. The fourth-order valence-electron chi connectivity index (χ4n) is 3.16. The third-order valence-corrected chi connectivity index (χ3v) is 4.74. The first kappa shape index (κ1) is 17.3. The Balaban J connectivity index is 1.81. The van der Waals surface area contributed by atoms with Crippen molar-refractivity contribution in [1.29, 1.82) is 0 Å². The Bertz CT molecular complexity index is 1100. The van der Waals surface area contributed by atoms with Crippen molar-refractivity contribution < 1.29 is 9.21 Å². The molecule has 0 aliphatic carbocycles. The van der Waals surface area contributed by atoms with Crippen LogP contribution >= 0.6 is 11.6 Å². The van der Waals surface area contributed by atoms with Crippen LogP contribution in [-0.2, 0) is 6.54 Å². The van der Waals surface area contributed by atoms with Crippen LogP contribution < -0.4 is 5.32 Å². The van der Waals surface area contributed by atoms with Gasteiger partial charge in [0.1, 0.15) is 5.76 Å². The van der Waals surface area contributed by atoms with Crippen LogP contribution in [-0.4, -0.2) is 10.9 Å². The molecule has 0 unspecified atom stereocenters. The van der Waals surface area contributed by atoms with Crippen LogP contribution in [0.1, 0.15) is 21.7 Å². The molecule has 0 atom stereocenters. The van der Waals surface area contributed by atoms with E-state index in [1.165, 1.54) is 0 Å². The van der Waals surface area contributed by atoms with E-state index in [0.717, 1.165) is 27.7 Å². The number of fused-ring (bicyclic) bond motifs is 1. The third-order valence-electron chi connectivity index (χ3n) is 4.48. The molecular weight excluding hydrogens is 360 g/mol. The van der Waals surface area contributed by atoms with E-state index in [9.17, 15) is 4.79 Å². The quantitative estimate of drug-likeness (QED) is 0.519. The molecule has 2 aromatic carbocycles. The Kier molecular flexibility index (Phi) is 4.65. The minimum absolute atomic E-state index is 0.155. The predicted octanol–water partition coefficient (Wildman–Crippen LogP) is 5.39. The number of aromatic nitrogens is 1. The molecule has 0 radical (unpaired) electrons. The Hall–Kier alpha value is -3.11. The van der Waals surface area contributed by atoms with Crippen LogP contribution in [0, 0.1) is 6.92 Å². The highest BCUT2D eigenvalue weighted by Gasteiger charge is 2.19. The van der Waals surface area contributed by atoms with E-state index in [1.807, 2.05) is 61.5 Å². The average Bonchev–Trinajstić information content (AvgIpc) is 3.20.